The van der Waals surface area contributed by atoms with Crippen LogP contribution in [0.2, 0.25) is 0 Å². The Hall–Kier alpha value is -2.97. The highest BCUT2D eigenvalue weighted by Gasteiger charge is 2.21. The number of aryl methyl sites for hydroxylation is 1. The number of nitrogens with two attached hydrogens (primary N) is 1. The number of hydrogen-bond donors (Lipinski definition) is 2. The maximum atomic E-state index is 12.0. The van der Waals surface area contributed by atoms with Gasteiger partial charge in [-0.15, -0.1) is 0 Å². The summed E-state index contributed by atoms with van der Waals surface area (Å²) < 4.78 is 1.59. The molecule has 104 valence electrons. The van der Waals surface area contributed by atoms with Crippen LogP contribution in [0, 0.1) is 10.1 Å². The summed E-state index contributed by atoms with van der Waals surface area (Å²) in [6.07, 6.45) is 2.69. The van der Waals surface area contributed by atoms with Crippen LogP contribution in [0.3, 0.4) is 0 Å². The average molecular weight is 276 g/mol. The van der Waals surface area contributed by atoms with Crippen molar-refractivity contribution in [2.24, 2.45) is 7.05 Å². The van der Waals surface area contributed by atoms with E-state index < -0.39 is 16.5 Å². The maximum Gasteiger partial charge on any atom is 0.300 e. The van der Waals surface area contributed by atoms with Crippen LogP contribution in [0.15, 0.2) is 24.5 Å². The number of anilines is 1. The zero-order chi connectivity index (χ0) is 14.7. The number of carbonyl (C=O) groups is 1. The molecule has 2 aromatic rings. The number of amides is 1. The number of aromatic nitrogens is 3. The Labute approximate surface area is 113 Å². The normalized spacial score (nSPS) is 10.2. The minimum atomic E-state index is -0.678. The van der Waals surface area contributed by atoms with Crippen molar-refractivity contribution in [2.75, 3.05) is 5.73 Å². The van der Waals surface area contributed by atoms with Crippen LogP contribution in [0.1, 0.15) is 16.1 Å². The summed E-state index contributed by atoms with van der Waals surface area (Å²) in [4.78, 5) is 25.7. The molecule has 9 nitrogen and oxygen atoms in total. The van der Waals surface area contributed by atoms with E-state index in [4.69, 9.17) is 5.73 Å². The molecule has 0 radical (unpaired) electrons. The number of carbonyl (C=O) groups excluding carboxylic acids is 1. The fourth-order valence-electron chi connectivity index (χ4n) is 1.62. The van der Waals surface area contributed by atoms with Gasteiger partial charge < -0.3 is 11.1 Å². The van der Waals surface area contributed by atoms with Crippen molar-refractivity contribution in [1.82, 2.24) is 20.1 Å². The first-order chi connectivity index (χ1) is 9.47. The predicted octanol–water partition coefficient (Wildman–Crippen LogP) is 0.235. The standard InChI is InChI=1S/C11H12N6O3/c1-16-3-2-7(15-16)5-14-11(18)8-4-10(12)13-6-9(8)17(19)20/h2-4,6H,5H2,1H3,(H2,12,13)(H,14,18). The molecule has 0 saturated heterocycles. The largest absolute Gasteiger partial charge is 0.384 e. The SMILES string of the molecule is Cn1ccc(CNC(=O)c2cc(N)ncc2[N+](=O)[O-])n1. The minimum absolute atomic E-state index is 0.0404. The van der Waals surface area contributed by atoms with E-state index in [1.807, 2.05) is 0 Å². The van der Waals surface area contributed by atoms with Crippen molar-refractivity contribution in [2.45, 2.75) is 6.54 Å². The van der Waals surface area contributed by atoms with Crippen molar-refractivity contribution >= 4 is 17.4 Å². The van der Waals surface area contributed by atoms with E-state index in [9.17, 15) is 14.9 Å². The Kier molecular flexibility index (Phi) is 3.60. The third kappa shape index (κ3) is 2.88. The minimum Gasteiger partial charge on any atom is -0.384 e. The molecule has 3 N–H and O–H groups in total. The summed E-state index contributed by atoms with van der Waals surface area (Å²) >= 11 is 0. The molecule has 0 saturated carbocycles. The highest BCUT2D eigenvalue weighted by molar-refractivity contribution is 5.98. The summed E-state index contributed by atoms with van der Waals surface area (Å²) in [6, 6.07) is 2.90. The first-order valence-electron chi connectivity index (χ1n) is 5.64. The molecule has 1 amide bonds. The van der Waals surface area contributed by atoms with Gasteiger partial charge in [0.1, 0.15) is 17.6 Å². The summed E-state index contributed by atoms with van der Waals surface area (Å²) in [5.41, 5.74) is 5.57. The Bertz CT molecular complexity index is 666. The van der Waals surface area contributed by atoms with Gasteiger partial charge in [-0.2, -0.15) is 5.10 Å². The molecule has 0 fully saturated rings. The van der Waals surface area contributed by atoms with Gasteiger partial charge in [-0.1, -0.05) is 0 Å². The van der Waals surface area contributed by atoms with E-state index in [0.717, 1.165) is 6.20 Å². The fourth-order valence-corrected chi connectivity index (χ4v) is 1.62. The van der Waals surface area contributed by atoms with Gasteiger partial charge in [0, 0.05) is 13.2 Å². The highest BCUT2D eigenvalue weighted by atomic mass is 16.6. The number of nitrogen functional groups attached to an aromatic ring is 1. The number of pyridine rings is 1. The van der Waals surface area contributed by atoms with Gasteiger partial charge >= 0.3 is 0 Å². The smallest absolute Gasteiger partial charge is 0.300 e. The van der Waals surface area contributed by atoms with Crippen molar-refractivity contribution in [1.29, 1.82) is 0 Å². The molecule has 0 bridgehead atoms. The average Bonchev–Trinajstić information content (AvgIpc) is 2.81. The third-order valence-corrected chi connectivity index (χ3v) is 2.54. The first-order valence-corrected chi connectivity index (χ1v) is 5.64. The first kappa shape index (κ1) is 13.5. The molecule has 2 rings (SSSR count). The lowest BCUT2D eigenvalue weighted by atomic mass is 10.2. The van der Waals surface area contributed by atoms with Crippen LogP contribution in [0.25, 0.3) is 0 Å². The quantitative estimate of drug-likeness (QED) is 0.607. The molecular weight excluding hydrogens is 264 g/mol. The van der Waals surface area contributed by atoms with Gasteiger partial charge in [0.15, 0.2) is 0 Å². The lowest BCUT2D eigenvalue weighted by Crippen LogP contribution is -2.24. The molecule has 0 aliphatic heterocycles. The van der Waals surface area contributed by atoms with Crippen molar-refractivity contribution in [3.8, 4) is 0 Å². The Balaban J connectivity index is 2.16. The Morgan fingerprint density at radius 3 is 2.95 bits per heavy atom. The van der Waals surface area contributed by atoms with Gasteiger partial charge in [-0.05, 0) is 12.1 Å². The maximum absolute atomic E-state index is 12.0. The van der Waals surface area contributed by atoms with Crippen LogP contribution in [-0.4, -0.2) is 25.6 Å². The Morgan fingerprint density at radius 2 is 2.35 bits per heavy atom. The molecule has 0 aliphatic rings. The van der Waals surface area contributed by atoms with Gasteiger partial charge in [0.05, 0.1) is 17.2 Å². The molecule has 0 spiro atoms. The third-order valence-electron chi connectivity index (χ3n) is 2.54. The van der Waals surface area contributed by atoms with Gasteiger partial charge in [0.2, 0.25) is 0 Å². The van der Waals surface area contributed by atoms with Crippen molar-refractivity contribution < 1.29 is 9.72 Å². The van der Waals surface area contributed by atoms with Crippen LogP contribution in [0.5, 0.6) is 0 Å². The van der Waals surface area contributed by atoms with Crippen molar-refractivity contribution in [3.05, 3.63) is 45.9 Å². The molecular formula is C11H12N6O3. The van der Waals surface area contributed by atoms with Gasteiger partial charge in [-0.3, -0.25) is 19.6 Å². The Morgan fingerprint density at radius 1 is 1.60 bits per heavy atom. The lowest BCUT2D eigenvalue weighted by molar-refractivity contribution is -0.385. The van der Waals surface area contributed by atoms with E-state index in [1.54, 1.807) is 24.0 Å². The van der Waals surface area contributed by atoms with Crippen molar-refractivity contribution in [3.63, 3.8) is 0 Å². The molecule has 2 heterocycles. The number of nitrogens with zero attached hydrogens (tertiary/aromatic N) is 4. The van der Waals surface area contributed by atoms with Crippen LogP contribution >= 0.6 is 0 Å². The summed E-state index contributed by atoms with van der Waals surface area (Å²) in [5, 5.41) is 17.5. The monoisotopic (exact) mass is 276 g/mol. The zero-order valence-electron chi connectivity index (χ0n) is 10.6. The molecule has 0 aliphatic carbocycles. The highest BCUT2D eigenvalue weighted by Crippen LogP contribution is 2.18. The van der Waals surface area contributed by atoms with E-state index in [2.05, 4.69) is 15.4 Å². The molecule has 0 aromatic carbocycles. The molecule has 0 unspecified atom stereocenters. The van der Waals surface area contributed by atoms with E-state index >= 15 is 0 Å². The molecule has 20 heavy (non-hydrogen) atoms. The number of nitro groups is 1. The van der Waals surface area contributed by atoms with E-state index in [-0.39, 0.29) is 17.9 Å². The van der Waals surface area contributed by atoms with Crippen LogP contribution < -0.4 is 11.1 Å². The second-order valence-electron chi connectivity index (χ2n) is 4.05. The topological polar surface area (TPSA) is 129 Å². The summed E-state index contributed by atoms with van der Waals surface area (Å²) in [6.45, 7) is 0.166. The van der Waals surface area contributed by atoms with Gasteiger partial charge in [0.25, 0.3) is 11.6 Å². The van der Waals surface area contributed by atoms with Crippen LogP contribution in [0.4, 0.5) is 11.5 Å². The summed E-state index contributed by atoms with van der Waals surface area (Å²) in [5.74, 6) is -0.560. The zero-order valence-corrected chi connectivity index (χ0v) is 10.6. The molecule has 0 atom stereocenters. The van der Waals surface area contributed by atoms with Crippen LogP contribution in [-0.2, 0) is 13.6 Å². The predicted molar refractivity (Wildman–Crippen MR) is 69.7 cm³/mol. The summed E-state index contributed by atoms with van der Waals surface area (Å²) in [7, 11) is 1.75. The number of hydrogen-bond acceptors (Lipinski definition) is 6. The fraction of sp³-hybridized carbons (Fsp3) is 0.182. The number of rotatable bonds is 4. The van der Waals surface area contributed by atoms with E-state index in [0.29, 0.717) is 5.69 Å². The second kappa shape index (κ2) is 5.34. The van der Waals surface area contributed by atoms with Gasteiger partial charge in [-0.25, -0.2) is 4.98 Å². The number of nitrogens with one attached hydrogen (secondary N) is 1. The second-order valence-corrected chi connectivity index (χ2v) is 4.05. The molecule has 9 heteroatoms. The lowest BCUT2D eigenvalue weighted by Gasteiger charge is -2.04. The van der Waals surface area contributed by atoms with E-state index in [1.165, 1.54) is 6.07 Å². The molecule has 2 aromatic heterocycles.